The number of hydrogen-bond donors (Lipinski definition) is 3. The van der Waals surface area contributed by atoms with Crippen molar-refractivity contribution in [3.63, 3.8) is 0 Å². The third kappa shape index (κ3) is 5.51. The van der Waals surface area contributed by atoms with E-state index in [9.17, 15) is 22.4 Å². The molecule has 3 N–H and O–H groups in total. The number of likely N-dealkylation sites (tertiary alicyclic amines) is 1. The Balaban J connectivity index is 1.37. The van der Waals surface area contributed by atoms with Gasteiger partial charge in [0.1, 0.15) is 5.82 Å². The second kappa shape index (κ2) is 10.7. The maximum Gasteiger partial charge on any atom is 0.256 e. The number of H-pyrrole nitrogens is 1. The van der Waals surface area contributed by atoms with E-state index < -0.39 is 26.7 Å². The first-order valence-corrected chi connectivity index (χ1v) is 14.5. The summed E-state index contributed by atoms with van der Waals surface area (Å²) in [6, 6.07) is 7.55. The minimum atomic E-state index is -3.75. The smallest absolute Gasteiger partial charge is 0.256 e. The van der Waals surface area contributed by atoms with E-state index in [4.69, 9.17) is 0 Å². The van der Waals surface area contributed by atoms with E-state index in [-0.39, 0.29) is 29.4 Å². The summed E-state index contributed by atoms with van der Waals surface area (Å²) in [6.07, 6.45) is 7.38. The fourth-order valence-electron chi connectivity index (χ4n) is 5.17. The van der Waals surface area contributed by atoms with Crippen LogP contribution >= 0.6 is 0 Å². The Bertz CT molecular complexity index is 1470. The molecule has 1 atom stereocenters. The minimum absolute atomic E-state index is 0.110. The van der Waals surface area contributed by atoms with Gasteiger partial charge in [-0.2, -0.15) is 0 Å². The van der Waals surface area contributed by atoms with Crippen LogP contribution in [0.25, 0.3) is 6.08 Å². The van der Waals surface area contributed by atoms with Crippen molar-refractivity contribution in [1.29, 1.82) is 0 Å². The molecule has 0 radical (unpaired) electrons. The van der Waals surface area contributed by atoms with E-state index in [1.54, 1.807) is 30.4 Å². The lowest BCUT2D eigenvalue weighted by molar-refractivity contribution is -0.115. The topological polar surface area (TPSA) is 111 Å². The van der Waals surface area contributed by atoms with Crippen molar-refractivity contribution in [2.24, 2.45) is 0 Å². The van der Waals surface area contributed by atoms with Gasteiger partial charge in [-0.3, -0.25) is 9.59 Å². The number of aromatic amines is 1. The Morgan fingerprint density at radius 2 is 2.00 bits per heavy atom. The predicted molar refractivity (Wildman–Crippen MR) is 143 cm³/mol. The number of benzene rings is 1. The molecule has 2 fully saturated rings. The number of carbonyl (C=O) groups is 2. The molecule has 2 amide bonds. The van der Waals surface area contributed by atoms with Crippen LogP contribution in [0.5, 0.6) is 0 Å². The molecule has 5 rings (SSSR count). The van der Waals surface area contributed by atoms with E-state index in [1.165, 1.54) is 31.0 Å². The van der Waals surface area contributed by atoms with Crippen molar-refractivity contribution in [3.8, 4) is 0 Å². The van der Waals surface area contributed by atoms with Gasteiger partial charge >= 0.3 is 0 Å². The SMILES string of the molecule is Cc1cc(C(=O)NCCN2CCCC2)c(C=C2C(=O)NC3=CCC(S(=O)(=O)Cc4ccccc4F)C=C32)[nH]1. The molecule has 2 aromatic rings. The van der Waals surface area contributed by atoms with Gasteiger partial charge in [-0.1, -0.05) is 30.4 Å². The third-order valence-corrected chi connectivity index (χ3v) is 9.15. The molecule has 200 valence electrons. The van der Waals surface area contributed by atoms with Crippen molar-refractivity contribution in [2.45, 2.75) is 37.2 Å². The van der Waals surface area contributed by atoms with E-state index in [1.807, 2.05) is 6.92 Å². The van der Waals surface area contributed by atoms with Gasteiger partial charge in [-0.15, -0.1) is 0 Å². The molecule has 10 heteroatoms. The second-order valence-corrected chi connectivity index (χ2v) is 12.2. The Morgan fingerprint density at radius 1 is 1.24 bits per heavy atom. The van der Waals surface area contributed by atoms with Crippen LogP contribution in [0, 0.1) is 12.7 Å². The molecule has 0 bridgehead atoms. The van der Waals surface area contributed by atoms with E-state index >= 15 is 0 Å². The van der Waals surface area contributed by atoms with Crippen molar-refractivity contribution in [3.05, 3.63) is 87.7 Å². The van der Waals surface area contributed by atoms with Crippen LogP contribution in [-0.4, -0.2) is 61.5 Å². The summed E-state index contributed by atoms with van der Waals surface area (Å²) in [7, 11) is -3.75. The molecule has 3 aliphatic rings. The first kappa shape index (κ1) is 26.1. The zero-order chi connectivity index (χ0) is 26.9. The first-order chi connectivity index (χ1) is 18.2. The van der Waals surface area contributed by atoms with Crippen molar-refractivity contribution in [2.75, 3.05) is 26.2 Å². The fraction of sp³-hybridized carbons (Fsp3) is 0.357. The van der Waals surface area contributed by atoms with E-state index in [0.717, 1.165) is 25.3 Å². The lowest BCUT2D eigenvalue weighted by atomic mass is 9.98. The Hall–Kier alpha value is -3.50. The average Bonchev–Trinajstić information content (AvgIpc) is 3.60. The number of rotatable bonds is 8. The van der Waals surface area contributed by atoms with Crippen LogP contribution in [0.1, 0.15) is 46.6 Å². The molecule has 1 aromatic heterocycles. The molecule has 38 heavy (non-hydrogen) atoms. The highest BCUT2D eigenvalue weighted by Crippen LogP contribution is 2.34. The van der Waals surface area contributed by atoms with Crippen molar-refractivity contribution >= 4 is 27.7 Å². The molecule has 1 aromatic carbocycles. The molecule has 1 aliphatic carbocycles. The molecular formula is C28H31FN4O4S. The molecule has 1 unspecified atom stereocenters. The second-order valence-electron chi connectivity index (χ2n) is 9.97. The number of fused-ring (bicyclic) bond motifs is 1. The van der Waals surface area contributed by atoms with Gasteiger partial charge in [-0.05, 0) is 57.5 Å². The Kier molecular flexibility index (Phi) is 7.36. The molecular weight excluding hydrogens is 507 g/mol. The minimum Gasteiger partial charge on any atom is -0.358 e. The van der Waals surface area contributed by atoms with Gasteiger partial charge in [0.25, 0.3) is 11.8 Å². The van der Waals surface area contributed by atoms with Gasteiger partial charge in [-0.25, -0.2) is 12.8 Å². The van der Waals surface area contributed by atoms with Crippen molar-refractivity contribution in [1.82, 2.24) is 20.5 Å². The van der Waals surface area contributed by atoms with Gasteiger partial charge in [0.15, 0.2) is 9.84 Å². The summed E-state index contributed by atoms with van der Waals surface area (Å²) in [4.78, 5) is 31.3. The fourth-order valence-corrected chi connectivity index (χ4v) is 6.79. The zero-order valence-electron chi connectivity index (χ0n) is 21.2. The lowest BCUT2D eigenvalue weighted by Crippen LogP contribution is -2.33. The van der Waals surface area contributed by atoms with Crippen LogP contribution in [0.15, 0.2) is 59.3 Å². The van der Waals surface area contributed by atoms with Gasteiger partial charge in [0.2, 0.25) is 0 Å². The maximum absolute atomic E-state index is 14.1. The standard InChI is InChI=1S/C28H31FN4O4S/c1-18-14-23(27(34)30-10-13-33-11-4-5-12-33)26(31-18)16-22-21-15-20(8-9-25(21)32-28(22)35)38(36,37)17-19-6-2-3-7-24(19)29/h2-3,6-7,9,14-16,20,31H,4-5,8,10-13,17H2,1H3,(H,30,34)(H,32,35). The van der Waals surface area contributed by atoms with E-state index in [0.29, 0.717) is 29.1 Å². The largest absolute Gasteiger partial charge is 0.358 e. The number of aromatic nitrogens is 1. The van der Waals surface area contributed by atoms with Crippen LogP contribution < -0.4 is 10.6 Å². The van der Waals surface area contributed by atoms with Crippen LogP contribution in [0.2, 0.25) is 0 Å². The molecule has 2 saturated heterocycles. The number of allylic oxidation sites excluding steroid dienone is 2. The van der Waals surface area contributed by atoms with Crippen molar-refractivity contribution < 1.29 is 22.4 Å². The highest BCUT2D eigenvalue weighted by Gasteiger charge is 2.35. The Labute approximate surface area is 221 Å². The lowest BCUT2D eigenvalue weighted by Gasteiger charge is -2.18. The van der Waals surface area contributed by atoms with Gasteiger partial charge in [0.05, 0.1) is 27.8 Å². The molecule has 8 nitrogen and oxygen atoms in total. The van der Waals surface area contributed by atoms with Crippen LogP contribution in [-0.2, 0) is 20.4 Å². The number of aryl methyl sites for hydroxylation is 1. The van der Waals surface area contributed by atoms with Gasteiger partial charge < -0.3 is 20.5 Å². The van der Waals surface area contributed by atoms with E-state index in [2.05, 4.69) is 20.5 Å². The number of nitrogens with one attached hydrogen (secondary N) is 3. The summed E-state index contributed by atoms with van der Waals surface area (Å²) in [5, 5.41) is 4.84. The summed E-state index contributed by atoms with van der Waals surface area (Å²) < 4.78 is 40.4. The highest BCUT2D eigenvalue weighted by atomic mass is 32.2. The monoisotopic (exact) mass is 538 g/mol. The third-order valence-electron chi connectivity index (χ3n) is 7.18. The quantitative estimate of drug-likeness (QED) is 0.448. The predicted octanol–water partition coefficient (Wildman–Crippen LogP) is 3.00. The van der Waals surface area contributed by atoms with Crippen LogP contribution in [0.4, 0.5) is 4.39 Å². The molecule has 0 saturated carbocycles. The Morgan fingerprint density at radius 3 is 2.76 bits per heavy atom. The number of sulfone groups is 1. The van der Waals surface area contributed by atoms with Gasteiger partial charge in [0, 0.05) is 35.6 Å². The highest BCUT2D eigenvalue weighted by molar-refractivity contribution is 7.91. The summed E-state index contributed by atoms with van der Waals surface area (Å²) >= 11 is 0. The molecule has 2 aliphatic heterocycles. The number of amides is 2. The average molecular weight is 539 g/mol. The van der Waals surface area contributed by atoms with Crippen LogP contribution in [0.3, 0.4) is 0 Å². The molecule has 0 spiro atoms. The maximum atomic E-state index is 14.1. The zero-order valence-corrected chi connectivity index (χ0v) is 22.0. The number of halogens is 1. The first-order valence-electron chi connectivity index (χ1n) is 12.8. The molecule has 3 heterocycles. The number of carbonyl (C=O) groups excluding carboxylic acids is 2. The number of hydrogen-bond acceptors (Lipinski definition) is 5. The summed E-state index contributed by atoms with van der Waals surface area (Å²) in [5.74, 6) is -1.61. The summed E-state index contributed by atoms with van der Waals surface area (Å²) in [6.45, 7) is 5.24. The number of nitrogens with zero attached hydrogens (tertiary/aromatic N) is 1. The summed E-state index contributed by atoms with van der Waals surface area (Å²) in [5.41, 5.74) is 3.05. The normalized spacial score (nSPS) is 20.7.